The molecule has 0 aromatic heterocycles. The fraction of sp³-hybridized carbons (Fsp3) is 0.304. The molecule has 0 spiro atoms. The summed E-state index contributed by atoms with van der Waals surface area (Å²) < 4.78 is 0. The number of primary amides is 1. The number of benzene rings is 2. The van der Waals surface area contributed by atoms with Gasteiger partial charge in [-0.1, -0.05) is 42.5 Å². The molecular weight excluding hydrogens is 386 g/mol. The van der Waals surface area contributed by atoms with Gasteiger partial charge < -0.3 is 16.4 Å². The SMILES string of the molecule is Cl.NC(=O)[C@@H]1CC=CC[C@H]1NC(=O)c1ccc2c(C3=CCNCC3)cccc2c1. The first-order valence-electron chi connectivity index (χ1n) is 9.81. The molecule has 1 aliphatic carbocycles. The second kappa shape index (κ2) is 9.25. The summed E-state index contributed by atoms with van der Waals surface area (Å²) in [4.78, 5) is 24.5. The zero-order valence-electron chi connectivity index (χ0n) is 16.2. The molecule has 0 unspecified atom stereocenters. The van der Waals surface area contributed by atoms with E-state index < -0.39 is 0 Å². The maximum Gasteiger partial charge on any atom is 0.251 e. The van der Waals surface area contributed by atoms with Gasteiger partial charge in [0.15, 0.2) is 0 Å². The summed E-state index contributed by atoms with van der Waals surface area (Å²) in [6.07, 6.45) is 8.38. The first kappa shape index (κ1) is 21.1. The van der Waals surface area contributed by atoms with Gasteiger partial charge in [-0.2, -0.15) is 0 Å². The molecule has 0 bridgehead atoms. The Kier molecular flexibility index (Phi) is 6.72. The highest BCUT2D eigenvalue weighted by atomic mass is 35.5. The van der Waals surface area contributed by atoms with Gasteiger partial charge in [0.2, 0.25) is 5.91 Å². The summed E-state index contributed by atoms with van der Waals surface area (Å²) in [5.41, 5.74) is 8.68. The van der Waals surface area contributed by atoms with Crippen molar-refractivity contribution in [2.75, 3.05) is 13.1 Å². The van der Waals surface area contributed by atoms with Crippen LogP contribution in [0.3, 0.4) is 0 Å². The van der Waals surface area contributed by atoms with Crippen molar-refractivity contribution in [1.82, 2.24) is 10.6 Å². The van der Waals surface area contributed by atoms with Crippen LogP contribution in [-0.4, -0.2) is 30.9 Å². The standard InChI is InChI=1S/C23H25N3O2.ClH/c24-22(27)20-5-1-2-7-21(20)26-23(28)17-8-9-19-16(14-17)4-3-6-18(19)15-10-12-25-13-11-15;/h1-4,6,8-10,14,20-21,25H,5,7,11-13H2,(H2,24,27)(H,26,28);1H/t20-,21-;/m1./s1. The maximum absolute atomic E-state index is 12.8. The number of carbonyl (C=O) groups is 2. The van der Waals surface area contributed by atoms with Crippen LogP contribution in [-0.2, 0) is 4.79 Å². The van der Waals surface area contributed by atoms with Crippen molar-refractivity contribution in [3.05, 3.63) is 65.8 Å². The first-order valence-corrected chi connectivity index (χ1v) is 9.81. The van der Waals surface area contributed by atoms with Crippen molar-refractivity contribution in [3.63, 3.8) is 0 Å². The van der Waals surface area contributed by atoms with Crippen molar-refractivity contribution in [3.8, 4) is 0 Å². The number of fused-ring (bicyclic) bond motifs is 1. The highest BCUT2D eigenvalue weighted by molar-refractivity contribution is 6.01. The summed E-state index contributed by atoms with van der Waals surface area (Å²) in [5, 5.41) is 8.54. The van der Waals surface area contributed by atoms with Crippen LogP contribution in [0.4, 0.5) is 0 Å². The molecular formula is C23H26ClN3O2. The van der Waals surface area contributed by atoms with Crippen LogP contribution < -0.4 is 16.4 Å². The number of allylic oxidation sites excluding steroid dienone is 1. The third-order valence-corrected chi connectivity index (χ3v) is 5.67. The summed E-state index contributed by atoms with van der Waals surface area (Å²) in [6.45, 7) is 1.88. The second-order valence-corrected chi connectivity index (χ2v) is 7.46. The van der Waals surface area contributed by atoms with Crippen molar-refractivity contribution in [2.45, 2.75) is 25.3 Å². The smallest absolute Gasteiger partial charge is 0.251 e. The number of amides is 2. The van der Waals surface area contributed by atoms with Crippen LogP contribution in [0.5, 0.6) is 0 Å². The number of rotatable bonds is 4. The summed E-state index contributed by atoms with van der Waals surface area (Å²) in [5.74, 6) is -0.888. The highest BCUT2D eigenvalue weighted by Crippen LogP contribution is 2.29. The topological polar surface area (TPSA) is 84.2 Å². The lowest BCUT2D eigenvalue weighted by Crippen LogP contribution is -2.46. The quantitative estimate of drug-likeness (QED) is 0.675. The largest absolute Gasteiger partial charge is 0.369 e. The molecule has 0 saturated heterocycles. The molecule has 4 rings (SSSR count). The first-order chi connectivity index (χ1) is 13.6. The van der Waals surface area contributed by atoms with Gasteiger partial charge in [-0.05, 0) is 59.8 Å². The van der Waals surface area contributed by atoms with E-state index in [-0.39, 0.29) is 36.2 Å². The Morgan fingerprint density at radius 1 is 1.10 bits per heavy atom. The van der Waals surface area contributed by atoms with Gasteiger partial charge >= 0.3 is 0 Å². The van der Waals surface area contributed by atoms with Gasteiger partial charge in [-0.25, -0.2) is 0 Å². The summed E-state index contributed by atoms with van der Waals surface area (Å²) in [6, 6.07) is 11.8. The van der Waals surface area contributed by atoms with Crippen molar-refractivity contribution in [1.29, 1.82) is 0 Å². The predicted octanol–water partition coefficient (Wildman–Crippen LogP) is 3.19. The van der Waals surface area contributed by atoms with E-state index in [1.54, 1.807) is 0 Å². The third kappa shape index (κ3) is 4.52. The number of halogens is 1. The van der Waals surface area contributed by atoms with E-state index >= 15 is 0 Å². The number of nitrogens with two attached hydrogens (primary N) is 1. The molecule has 29 heavy (non-hydrogen) atoms. The summed E-state index contributed by atoms with van der Waals surface area (Å²) in [7, 11) is 0. The molecule has 0 radical (unpaired) electrons. The zero-order chi connectivity index (χ0) is 19.5. The van der Waals surface area contributed by atoms with Crippen LogP contribution >= 0.6 is 12.4 Å². The van der Waals surface area contributed by atoms with E-state index in [0.29, 0.717) is 18.4 Å². The third-order valence-electron chi connectivity index (χ3n) is 5.67. The minimum Gasteiger partial charge on any atom is -0.369 e. The van der Waals surface area contributed by atoms with Crippen LogP contribution in [0.2, 0.25) is 0 Å². The van der Waals surface area contributed by atoms with Crippen molar-refractivity contribution in [2.24, 2.45) is 11.7 Å². The molecule has 2 aromatic rings. The van der Waals surface area contributed by atoms with Crippen LogP contribution in [0.15, 0.2) is 54.6 Å². The van der Waals surface area contributed by atoms with Crippen molar-refractivity contribution >= 4 is 40.6 Å². The van der Waals surface area contributed by atoms with E-state index in [1.807, 2.05) is 42.5 Å². The Labute approximate surface area is 176 Å². The van der Waals surface area contributed by atoms with E-state index in [0.717, 1.165) is 30.3 Å². The van der Waals surface area contributed by atoms with Gasteiger partial charge in [-0.3, -0.25) is 9.59 Å². The predicted molar refractivity (Wildman–Crippen MR) is 119 cm³/mol. The monoisotopic (exact) mass is 411 g/mol. The maximum atomic E-state index is 12.8. The summed E-state index contributed by atoms with van der Waals surface area (Å²) >= 11 is 0. The lowest BCUT2D eigenvalue weighted by Gasteiger charge is -2.27. The van der Waals surface area contributed by atoms with Gasteiger partial charge in [-0.15, -0.1) is 12.4 Å². The van der Waals surface area contributed by atoms with E-state index in [1.165, 1.54) is 11.1 Å². The van der Waals surface area contributed by atoms with Crippen LogP contribution in [0, 0.1) is 5.92 Å². The number of nitrogens with one attached hydrogen (secondary N) is 2. The lowest BCUT2D eigenvalue weighted by atomic mass is 9.88. The molecule has 0 saturated carbocycles. The second-order valence-electron chi connectivity index (χ2n) is 7.46. The normalized spacial score (nSPS) is 21.2. The van der Waals surface area contributed by atoms with Crippen LogP contribution in [0.1, 0.15) is 35.2 Å². The average molecular weight is 412 g/mol. The Bertz CT molecular complexity index is 983. The molecule has 1 heterocycles. The van der Waals surface area contributed by atoms with E-state index in [2.05, 4.69) is 22.8 Å². The highest BCUT2D eigenvalue weighted by Gasteiger charge is 2.28. The van der Waals surface area contributed by atoms with Gasteiger partial charge in [0.1, 0.15) is 0 Å². The number of carbonyl (C=O) groups excluding carboxylic acids is 2. The minimum absolute atomic E-state index is 0. The lowest BCUT2D eigenvalue weighted by molar-refractivity contribution is -0.122. The minimum atomic E-state index is -0.368. The molecule has 2 amide bonds. The molecule has 0 fully saturated rings. The Hall–Kier alpha value is -2.63. The average Bonchev–Trinajstić information content (AvgIpc) is 2.73. The number of hydrogen-bond acceptors (Lipinski definition) is 3. The molecule has 152 valence electrons. The van der Waals surface area contributed by atoms with Gasteiger partial charge in [0.25, 0.3) is 5.91 Å². The Morgan fingerprint density at radius 3 is 2.69 bits per heavy atom. The molecule has 5 nitrogen and oxygen atoms in total. The molecule has 2 atom stereocenters. The van der Waals surface area contributed by atoms with E-state index in [4.69, 9.17) is 5.73 Å². The van der Waals surface area contributed by atoms with Gasteiger partial charge in [0, 0.05) is 18.2 Å². The van der Waals surface area contributed by atoms with Crippen molar-refractivity contribution < 1.29 is 9.59 Å². The Morgan fingerprint density at radius 2 is 1.93 bits per heavy atom. The molecule has 4 N–H and O–H groups in total. The molecule has 2 aromatic carbocycles. The fourth-order valence-electron chi connectivity index (χ4n) is 4.11. The fourth-order valence-corrected chi connectivity index (χ4v) is 4.11. The van der Waals surface area contributed by atoms with E-state index in [9.17, 15) is 9.59 Å². The molecule has 6 heteroatoms. The van der Waals surface area contributed by atoms with Crippen LogP contribution in [0.25, 0.3) is 16.3 Å². The molecule has 1 aliphatic heterocycles. The van der Waals surface area contributed by atoms with Gasteiger partial charge in [0.05, 0.1) is 5.92 Å². The Balaban J connectivity index is 0.00000240. The zero-order valence-corrected chi connectivity index (χ0v) is 17.0. The number of hydrogen-bond donors (Lipinski definition) is 3. The molecule has 2 aliphatic rings.